The summed E-state index contributed by atoms with van der Waals surface area (Å²) in [7, 11) is 1.65. The largest absolute Gasteiger partial charge is 0.497 e. The number of methoxy groups -OCH3 is 1. The van der Waals surface area contributed by atoms with Gasteiger partial charge in [0.2, 0.25) is 5.95 Å². The maximum Gasteiger partial charge on any atom is 0.225 e. The van der Waals surface area contributed by atoms with Crippen LogP contribution in [0.25, 0.3) is 10.9 Å². The molecule has 0 unspecified atom stereocenters. The Morgan fingerprint density at radius 2 is 1.96 bits per heavy atom. The molecule has 0 aliphatic rings. The Morgan fingerprint density at radius 1 is 1.07 bits per heavy atom. The Kier molecular flexibility index (Phi) is 4.61. The normalized spacial score (nSPS) is 10.9. The lowest BCUT2D eigenvalue weighted by Gasteiger charge is -2.11. The standard InChI is InChI=1S/C21H20N4O2/c1-26-16-7-2-5-14(11-16)13-23-21-24-18-9-3-6-15(19(18)20(22)25-21)12-17-8-4-10-27-17/h2-11H,12-13H2,1H3,(H3,22,23,24,25). The third-order valence-corrected chi connectivity index (χ3v) is 4.37. The molecule has 0 aliphatic carbocycles. The molecule has 4 aromatic rings. The number of hydrogen-bond acceptors (Lipinski definition) is 6. The van der Waals surface area contributed by atoms with Crippen LogP contribution in [0.5, 0.6) is 5.75 Å². The molecule has 0 saturated heterocycles. The fourth-order valence-corrected chi connectivity index (χ4v) is 3.08. The average Bonchev–Trinajstić information content (AvgIpc) is 3.19. The van der Waals surface area contributed by atoms with Crippen LogP contribution >= 0.6 is 0 Å². The molecule has 3 N–H and O–H groups in total. The predicted molar refractivity (Wildman–Crippen MR) is 106 cm³/mol. The van der Waals surface area contributed by atoms with E-state index in [4.69, 9.17) is 14.9 Å². The zero-order valence-electron chi connectivity index (χ0n) is 15.0. The van der Waals surface area contributed by atoms with Crippen LogP contribution < -0.4 is 15.8 Å². The van der Waals surface area contributed by atoms with E-state index in [-0.39, 0.29) is 0 Å². The first kappa shape index (κ1) is 16.9. The summed E-state index contributed by atoms with van der Waals surface area (Å²) in [6, 6.07) is 17.6. The monoisotopic (exact) mass is 360 g/mol. The van der Waals surface area contributed by atoms with E-state index >= 15 is 0 Å². The lowest BCUT2D eigenvalue weighted by Crippen LogP contribution is -2.07. The van der Waals surface area contributed by atoms with Crippen molar-refractivity contribution in [3.63, 3.8) is 0 Å². The predicted octanol–water partition coefficient (Wildman–Crippen LogP) is 4.02. The van der Waals surface area contributed by atoms with Crippen molar-refractivity contribution in [1.29, 1.82) is 0 Å². The summed E-state index contributed by atoms with van der Waals surface area (Å²) >= 11 is 0. The first-order valence-electron chi connectivity index (χ1n) is 8.67. The van der Waals surface area contributed by atoms with Crippen LogP contribution in [-0.2, 0) is 13.0 Å². The van der Waals surface area contributed by atoms with Gasteiger partial charge in [0.1, 0.15) is 17.3 Å². The summed E-state index contributed by atoms with van der Waals surface area (Å²) in [5.74, 6) is 2.64. The number of ether oxygens (including phenoxy) is 1. The maximum atomic E-state index is 6.26. The Hall–Kier alpha value is -3.54. The Morgan fingerprint density at radius 3 is 2.78 bits per heavy atom. The number of benzene rings is 2. The molecule has 2 heterocycles. The second-order valence-electron chi connectivity index (χ2n) is 6.20. The minimum absolute atomic E-state index is 0.454. The van der Waals surface area contributed by atoms with E-state index in [1.54, 1.807) is 13.4 Å². The summed E-state index contributed by atoms with van der Waals surface area (Å²) in [5, 5.41) is 4.10. The molecule has 6 nitrogen and oxygen atoms in total. The summed E-state index contributed by atoms with van der Waals surface area (Å²) in [6.45, 7) is 0.578. The van der Waals surface area contributed by atoms with Gasteiger partial charge in [-0.15, -0.1) is 0 Å². The highest BCUT2D eigenvalue weighted by Gasteiger charge is 2.11. The maximum absolute atomic E-state index is 6.26. The second kappa shape index (κ2) is 7.37. The second-order valence-corrected chi connectivity index (χ2v) is 6.20. The molecule has 0 saturated carbocycles. The van der Waals surface area contributed by atoms with Gasteiger partial charge in [0, 0.05) is 18.4 Å². The number of rotatable bonds is 6. The Balaban J connectivity index is 1.60. The van der Waals surface area contributed by atoms with Crippen molar-refractivity contribution in [2.75, 3.05) is 18.2 Å². The molecule has 0 spiro atoms. The van der Waals surface area contributed by atoms with Gasteiger partial charge in [-0.3, -0.25) is 0 Å². The molecule has 2 aromatic carbocycles. The number of nitrogens with zero attached hydrogens (tertiary/aromatic N) is 2. The number of anilines is 2. The highest BCUT2D eigenvalue weighted by Crippen LogP contribution is 2.26. The van der Waals surface area contributed by atoms with E-state index in [1.807, 2.05) is 54.6 Å². The van der Waals surface area contributed by atoms with E-state index in [9.17, 15) is 0 Å². The molecule has 27 heavy (non-hydrogen) atoms. The van der Waals surface area contributed by atoms with E-state index in [1.165, 1.54) is 0 Å². The van der Waals surface area contributed by atoms with Crippen LogP contribution in [0.4, 0.5) is 11.8 Å². The fraction of sp³-hybridized carbons (Fsp3) is 0.143. The molecule has 0 amide bonds. The van der Waals surface area contributed by atoms with Crippen molar-refractivity contribution in [3.05, 3.63) is 77.7 Å². The quantitative estimate of drug-likeness (QED) is 0.540. The SMILES string of the molecule is COc1cccc(CNc2nc(N)c3c(Cc4ccco4)cccc3n2)c1. The molecule has 0 bridgehead atoms. The molecular formula is C21H20N4O2. The molecule has 136 valence electrons. The van der Waals surface area contributed by atoms with Crippen LogP contribution in [0.3, 0.4) is 0 Å². The Labute approximate surface area is 157 Å². The molecule has 0 radical (unpaired) electrons. The van der Waals surface area contributed by atoms with Crippen LogP contribution in [0.2, 0.25) is 0 Å². The van der Waals surface area contributed by atoms with Gasteiger partial charge >= 0.3 is 0 Å². The number of nitrogen functional groups attached to an aromatic ring is 1. The number of nitrogens with two attached hydrogens (primary N) is 1. The van der Waals surface area contributed by atoms with Gasteiger partial charge < -0.3 is 20.2 Å². The van der Waals surface area contributed by atoms with E-state index < -0.39 is 0 Å². The minimum atomic E-state index is 0.454. The van der Waals surface area contributed by atoms with Crippen molar-refractivity contribution < 1.29 is 9.15 Å². The molecule has 4 rings (SSSR count). The van der Waals surface area contributed by atoms with Crippen LogP contribution in [-0.4, -0.2) is 17.1 Å². The lowest BCUT2D eigenvalue weighted by molar-refractivity contribution is 0.414. The lowest BCUT2D eigenvalue weighted by atomic mass is 10.0. The van der Waals surface area contributed by atoms with Gasteiger partial charge in [-0.25, -0.2) is 4.98 Å². The molecule has 0 aliphatic heterocycles. The number of aromatic nitrogens is 2. The van der Waals surface area contributed by atoms with Gasteiger partial charge in [-0.1, -0.05) is 24.3 Å². The van der Waals surface area contributed by atoms with Gasteiger partial charge in [-0.05, 0) is 41.5 Å². The molecule has 0 atom stereocenters. The highest BCUT2D eigenvalue weighted by molar-refractivity contribution is 5.92. The summed E-state index contributed by atoms with van der Waals surface area (Å²) in [4.78, 5) is 9.06. The molecule has 0 fully saturated rings. The molecule has 6 heteroatoms. The van der Waals surface area contributed by atoms with Crippen LogP contribution in [0.1, 0.15) is 16.9 Å². The summed E-state index contributed by atoms with van der Waals surface area (Å²) in [6.07, 6.45) is 2.31. The van der Waals surface area contributed by atoms with Crippen molar-refractivity contribution in [2.45, 2.75) is 13.0 Å². The van der Waals surface area contributed by atoms with Crippen molar-refractivity contribution in [1.82, 2.24) is 9.97 Å². The zero-order valence-corrected chi connectivity index (χ0v) is 15.0. The molecular weight excluding hydrogens is 340 g/mol. The van der Waals surface area contributed by atoms with Gasteiger partial charge in [0.15, 0.2) is 0 Å². The number of fused-ring (bicyclic) bond motifs is 1. The number of furan rings is 1. The van der Waals surface area contributed by atoms with Crippen LogP contribution in [0, 0.1) is 0 Å². The average molecular weight is 360 g/mol. The zero-order chi connectivity index (χ0) is 18.6. The van der Waals surface area contributed by atoms with Crippen LogP contribution in [0.15, 0.2) is 65.3 Å². The first-order chi connectivity index (χ1) is 13.2. The van der Waals surface area contributed by atoms with Crippen molar-refractivity contribution >= 4 is 22.7 Å². The van der Waals surface area contributed by atoms with E-state index in [2.05, 4.69) is 15.3 Å². The molecule has 2 aromatic heterocycles. The Bertz CT molecular complexity index is 1060. The van der Waals surface area contributed by atoms with E-state index in [0.717, 1.165) is 33.5 Å². The summed E-state index contributed by atoms with van der Waals surface area (Å²) in [5.41, 5.74) is 9.18. The first-order valence-corrected chi connectivity index (χ1v) is 8.67. The number of hydrogen-bond donors (Lipinski definition) is 2. The smallest absolute Gasteiger partial charge is 0.225 e. The van der Waals surface area contributed by atoms with Crippen molar-refractivity contribution in [2.24, 2.45) is 0 Å². The third-order valence-electron chi connectivity index (χ3n) is 4.37. The summed E-state index contributed by atoms with van der Waals surface area (Å²) < 4.78 is 10.7. The van der Waals surface area contributed by atoms with E-state index in [0.29, 0.717) is 24.7 Å². The third kappa shape index (κ3) is 3.69. The topological polar surface area (TPSA) is 86.2 Å². The highest BCUT2D eigenvalue weighted by atomic mass is 16.5. The number of nitrogens with one attached hydrogen (secondary N) is 1. The van der Waals surface area contributed by atoms with Gasteiger partial charge in [0.05, 0.1) is 18.9 Å². The van der Waals surface area contributed by atoms with Gasteiger partial charge in [-0.2, -0.15) is 4.98 Å². The van der Waals surface area contributed by atoms with Gasteiger partial charge in [0.25, 0.3) is 0 Å². The minimum Gasteiger partial charge on any atom is -0.497 e. The fourth-order valence-electron chi connectivity index (χ4n) is 3.08. The van der Waals surface area contributed by atoms with Crippen molar-refractivity contribution in [3.8, 4) is 5.75 Å².